The predicted octanol–water partition coefficient (Wildman–Crippen LogP) is 1.53. The number of fused-ring (bicyclic) bond motifs is 1. The first kappa shape index (κ1) is 18.1. The molecule has 2 amide bonds. The van der Waals surface area contributed by atoms with Crippen LogP contribution >= 0.6 is 0 Å². The minimum absolute atomic E-state index is 0.144. The number of rotatable bonds is 3. The molecule has 2 saturated carbocycles. The molecule has 152 valence electrons. The van der Waals surface area contributed by atoms with Crippen LogP contribution in [-0.4, -0.2) is 57.0 Å². The van der Waals surface area contributed by atoms with E-state index in [0.29, 0.717) is 23.6 Å². The molecule has 29 heavy (non-hydrogen) atoms. The first-order chi connectivity index (χ1) is 14.0. The topological polar surface area (TPSA) is 96.2 Å². The lowest BCUT2D eigenvalue weighted by Crippen LogP contribution is -2.59. The van der Waals surface area contributed by atoms with Crippen molar-refractivity contribution in [3.05, 3.63) is 24.4 Å². The average molecular weight is 395 g/mol. The first-order valence-electron chi connectivity index (χ1n) is 10.2. The predicted molar refractivity (Wildman–Crippen MR) is 107 cm³/mol. The van der Waals surface area contributed by atoms with E-state index in [1.54, 1.807) is 35.2 Å². The second kappa shape index (κ2) is 6.27. The van der Waals surface area contributed by atoms with E-state index in [0.717, 1.165) is 30.8 Å². The number of anilines is 2. The molecule has 9 heteroatoms. The van der Waals surface area contributed by atoms with Crippen LogP contribution in [0, 0.1) is 5.92 Å². The summed E-state index contributed by atoms with van der Waals surface area (Å²) in [5.74, 6) is 1.44. The van der Waals surface area contributed by atoms with Gasteiger partial charge in [-0.1, -0.05) is 19.8 Å². The van der Waals surface area contributed by atoms with Gasteiger partial charge in [0.2, 0.25) is 5.95 Å². The van der Waals surface area contributed by atoms with Gasteiger partial charge in [-0.3, -0.25) is 14.2 Å². The van der Waals surface area contributed by atoms with Crippen molar-refractivity contribution < 1.29 is 9.59 Å². The van der Waals surface area contributed by atoms with Gasteiger partial charge in [-0.25, -0.2) is 9.97 Å². The van der Waals surface area contributed by atoms with E-state index in [1.165, 1.54) is 12.8 Å². The van der Waals surface area contributed by atoms with Gasteiger partial charge in [0, 0.05) is 26.3 Å². The first-order valence-corrected chi connectivity index (χ1v) is 10.2. The Balaban J connectivity index is 1.61. The number of carbonyl (C=O) groups excluding carboxylic acids is 2. The molecule has 2 fully saturated rings. The number of hydrogen-bond acceptors (Lipinski definition) is 6. The number of imidazole rings is 1. The molecule has 0 bridgehead atoms. The van der Waals surface area contributed by atoms with Gasteiger partial charge in [-0.15, -0.1) is 0 Å². The van der Waals surface area contributed by atoms with Crippen LogP contribution < -0.4 is 15.1 Å². The molecule has 0 radical (unpaired) electrons. The fourth-order valence-corrected chi connectivity index (χ4v) is 4.97. The van der Waals surface area contributed by atoms with Crippen LogP contribution in [0.2, 0.25) is 0 Å². The number of aromatic nitrogens is 4. The lowest BCUT2D eigenvalue weighted by Gasteiger charge is -2.45. The second-order valence-corrected chi connectivity index (χ2v) is 8.33. The van der Waals surface area contributed by atoms with Crippen molar-refractivity contribution in [3.8, 4) is 5.95 Å². The van der Waals surface area contributed by atoms with Gasteiger partial charge in [-0.05, 0) is 25.2 Å². The third kappa shape index (κ3) is 2.49. The van der Waals surface area contributed by atoms with E-state index in [4.69, 9.17) is 4.98 Å². The van der Waals surface area contributed by atoms with Crippen molar-refractivity contribution in [1.82, 2.24) is 24.8 Å². The minimum Gasteiger partial charge on any atom is -0.354 e. The van der Waals surface area contributed by atoms with Crippen molar-refractivity contribution in [1.29, 1.82) is 0 Å². The van der Waals surface area contributed by atoms with Crippen LogP contribution in [0.4, 0.5) is 11.5 Å². The maximum atomic E-state index is 13.3. The molecule has 9 nitrogen and oxygen atoms in total. The van der Waals surface area contributed by atoms with Crippen molar-refractivity contribution in [3.63, 3.8) is 0 Å². The maximum Gasteiger partial charge on any atom is 0.271 e. The highest BCUT2D eigenvalue weighted by Gasteiger charge is 2.66. The lowest BCUT2D eigenvalue weighted by molar-refractivity contribution is -0.121. The number of likely N-dealkylation sites (N-methyl/N-ethyl adjacent to an activating group) is 1. The van der Waals surface area contributed by atoms with Crippen molar-refractivity contribution >= 4 is 23.3 Å². The average Bonchev–Trinajstić information content (AvgIpc) is 3.17. The molecule has 0 saturated heterocycles. The van der Waals surface area contributed by atoms with Crippen LogP contribution in [0.3, 0.4) is 0 Å². The van der Waals surface area contributed by atoms with Crippen LogP contribution in [0.5, 0.6) is 0 Å². The second-order valence-electron chi connectivity index (χ2n) is 8.33. The molecule has 3 aliphatic rings. The van der Waals surface area contributed by atoms with Crippen molar-refractivity contribution in [2.24, 2.45) is 5.92 Å². The van der Waals surface area contributed by atoms with Crippen LogP contribution in [0.1, 0.15) is 49.5 Å². The highest BCUT2D eigenvalue weighted by atomic mass is 16.2. The number of amides is 2. The Morgan fingerprint density at radius 2 is 2.00 bits per heavy atom. The molecule has 1 aliphatic heterocycles. The SMILES string of the molecule is CNC(=O)c1cn(-c2ncc3c(n2)N(C2CCCC2)[C@@]2(C[C@H]2C)C(=O)N3C)cn1. The summed E-state index contributed by atoms with van der Waals surface area (Å²) >= 11 is 0. The van der Waals surface area contributed by atoms with Gasteiger partial charge in [-0.2, -0.15) is 4.98 Å². The summed E-state index contributed by atoms with van der Waals surface area (Å²) in [7, 11) is 3.38. The van der Waals surface area contributed by atoms with E-state index in [9.17, 15) is 9.59 Å². The monoisotopic (exact) mass is 395 g/mol. The molecule has 2 aliphatic carbocycles. The Bertz CT molecular complexity index is 996. The molecule has 5 rings (SSSR count). The Kier molecular flexibility index (Phi) is 3.91. The number of nitrogens with zero attached hydrogens (tertiary/aromatic N) is 6. The maximum absolute atomic E-state index is 13.3. The Morgan fingerprint density at radius 1 is 1.28 bits per heavy atom. The van der Waals surface area contributed by atoms with E-state index < -0.39 is 5.54 Å². The largest absolute Gasteiger partial charge is 0.354 e. The Morgan fingerprint density at radius 3 is 2.66 bits per heavy atom. The summed E-state index contributed by atoms with van der Waals surface area (Å²) in [4.78, 5) is 42.6. The van der Waals surface area contributed by atoms with E-state index >= 15 is 0 Å². The van der Waals surface area contributed by atoms with Crippen molar-refractivity contribution in [2.75, 3.05) is 23.9 Å². The third-order valence-electron chi connectivity index (χ3n) is 6.67. The molecule has 2 aromatic rings. The standard InChI is InChI=1S/C20H25N7O2/c1-12-8-20(12)18(29)25(3)15-9-22-19(26-10-14(23-11-26)17(28)21-2)24-16(15)27(20)13-6-4-5-7-13/h9-13H,4-8H2,1-3H3,(H,21,28)/t12-,20-/m1/s1. The number of hydrogen-bond donors (Lipinski definition) is 1. The molecule has 1 N–H and O–H groups in total. The zero-order valence-electron chi connectivity index (χ0n) is 16.9. The van der Waals surface area contributed by atoms with E-state index in [1.807, 2.05) is 7.05 Å². The van der Waals surface area contributed by atoms with Gasteiger partial charge in [0.15, 0.2) is 5.82 Å². The van der Waals surface area contributed by atoms with Gasteiger partial charge in [0.05, 0.1) is 6.20 Å². The highest BCUT2D eigenvalue weighted by Crippen LogP contribution is 2.57. The molecule has 2 aromatic heterocycles. The Labute approximate surface area is 169 Å². The zero-order valence-corrected chi connectivity index (χ0v) is 16.9. The summed E-state index contributed by atoms with van der Waals surface area (Å²) in [6, 6.07) is 0.323. The molecule has 2 atom stereocenters. The molecule has 0 unspecified atom stereocenters. The van der Waals surface area contributed by atoms with Gasteiger partial charge in [0.1, 0.15) is 23.2 Å². The highest BCUT2D eigenvalue weighted by molar-refractivity contribution is 6.09. The van der Waals surface area contributed by atoms with Crippen LogP contribution in [0.25, 0.3) is 5.95 Å². The quantitative estimate of drug-likeness (QED) is 0.847. The molecular formula is C20H25N7O2. The molecule has 0 aromatic carbocycles. The third-order valence-corrected chi connectivity index (χ3v) is 6.67. The summed E-state index contributed by atoms with van der Waals surface area (Å²) in [5, 5.41) is 2.57. The number of carbonyl (C=O) groups is 2. The normalized spacial score (nSPS) is 26.2. The molecular weight excluding hydrogens is 370 g/mol. The van der Waals surface area contributed by atoms with Gasteiger partial charge >= 0.3 is 0 Å². The zero-order chi connectivity index (χ0) is 20.3. The van der Waals surface area contributed by atoms with Crippen molar-refractivity contribution in [2.45, 2.75) is 50.6 Å². The van der Waals surface area contributed by atoms with Gasteiger partial charge in [0.25, 0.3) is 11.8 Å². The van der Waals surface area contributed by atoms with Crippen LogP contribution in [0.15, 0.2) is 18.7 Å². The number of nitrogens with one attached hydrogen (secondary N) is 1. The van der Waals surface area contributed by atoms with Gasteiger partial charge < -0.3 is 15.1 Å². The fraction of sp³-hybridized carbons (Fsp3) is 0.550. The summed E-state index contributed by atoms with van der Waals surface area (Å²) in [6.07, 6.45) is 10.2. The fourth-order valence-electron chi connectivity index (χ4n) is 4.97. The minimum atomic E-state index is -0.482. The van der Waals surface area contributed by atoms with Crippen LogP contribution in [-0.2, 0) is 4.79 Å². The summed E-state index contributed by atoms with van der Waals surface area (Å²) < 4.78 is 1.65. The molecule has 1 spiro atoms. The van der Waals surface area contributed by atoms with E-state index in [2.05, 4.69) is 27.1 Å². The smallest absolute Gasteiger partial charge is 0.271 e. The summed E-state index contributed by atoms with van der Waals surface area (Å²) in [5.41, 5.74) is 0.563. The summed E-state index contributed by atoms with van der Waals surface area (Å²) in [6.45, 7) is 2.15. The molecule has 3 heterocycles. The lowest BCUT2D eigenvalue weighted by atomic mass is 10.0. The van der Waals surface area contributed by atoms with E-state index in [-0.39, 0.29) is 11.8 Å². The Hall–Kier alpha value is -2.97.